The molecular weight excluding hydrogens is 582 g/mol. The van der Waals surface area contributed by atoms with Gasteiger partial charge in [-0.2, -0.15) is 5.10 Å². The molecule has 0 aliphatic heterocycles. The lowest BCUT2D eigenvalue weighted by Crippen LogP contribution is -2.41. The lowest BCUT2D eigenvalue weighted by molar-refractivity contribution is 0.450. The van der Waals surface area contributed by atoms with Gasteiger partial charge in [0.05, 0.1) is 34.2 Å². The van der Waals surface area contributed by atoms with Gasteiger partial charge in [0, 0.05) is 28.0 Å². The number of nitrogens with zero attached hydrogens (tertiary/aromatic N) is 4. The third kappa shape index (κ3) is 7.44. The first-order valence-electron chi connectivity index (χ1n) is 14.6. The number of aromatic nitrogens is 4. The molecule has 0 aliphatic carbocycles. The van der Waals surface area contributed by atoms with Crippen LogP contribution in [0.15, 0.2) is 54.7 Å². The number of pyridine rings is 2. The molecule has 0 saturated heterocycles. The Labute approximate surface area is 259 Å². The highest BCUT2D eigenvalue weighted by Crippen LogP contribution is 2.39. The number of benzene rings is 1. The molecule has 1 aromatic carbocycles. The lowest BCUT2D eigenvalue weighted by atomic mass is 10.0. The predicted molar refractivity (Wildman–Crippen MR) is 178 cm³/mol. The summed E-state index contributed by atoms with van der Waals surface area (Å²) in [6, 6.07) is 15.8. The number of hydrogen-bond donors (Lipinski definition) is 2. The van der Waals surface area contributed by atoms with Crippen LogP contribution in [0.2, 0.25) is 23.2 Å². The fourth-order valence-corrected chi connectivity index (χ4v) is 6.40. The zero-order valence-corrected chi connectivity index (χ0v) is 28.6. The Morgan fingerprint density at radius 2 is 1.79 bits per heavy atom. The van der Waals surface area contributed by atoms with E-state index >= 15 is 0 Å². The average Bonchev–Trinajstić information content (AvgIpc) is 3.35. The first kappa shape index (κ1) is 32.6. The second-order valence-corrected chi connectivity index (χ2v) is 20.0. The molecule has 2 atom stereocenters. The van der Waals surface area contributed by atoms with Gasteiger partial charge in [-0.1, -0.05) is 50.9 Å². The van der Waals surface area contributed by atoms with Crippen LogP contribution in [-0.4, -0.2) is 42.2 Å². The summed E-state index contributed by atoms with van der Waals surface area (Å²) in [5.74, 6) is 0.715. The van der Waals surface area contributed by atoms with E-state index in [1.54, 1.807) is 6.20 Å². The van der Waals surface area contributed by atoms with Crippen LogP contribution in [0.4, 0.5) is 0 Å². The summed E-state index contributed by atoms with van der Waals surface area (Å²) in [5, 5.41) is 5.95. The molecule has 0 spiro atoms. The average molecular weight is 626 g/mol. The molecule has 0 saturated carbocycles. The van der Waals surface area contributed by atoms with Crippen LogP contribution >= 0.6 is 11.6 Å². The second-order valence-electron chi connectivity index (χ2n) is 13.2. The third-order valence-corrected chi connectivity index (χ3v) is 13.6. The maximum atomic E-state index is 12.9. The van der Waals surface area contributed by atoms with Crippen LogP contribution in [-0.2, 0) is 17.8 Å². The molecule has 3 heterocycles. The van der Waals surface area contributed by atoms with Crippen molar-refractivity contribution in [2.24, 2.45) is 0 Å². The van der Waals surface area contributed by atoms with Gasteiger partial charge in [0.15, 0.2) is 14.1 Å². The minimum Gasteiger partial charge on any atom is -0.598 e. The Morgan fingerprint density at radius 3 is 2.45 bits per heavy atom. The number of hydrogen-bond acceptors (Lipinski definition) is 6. The summed E-state index contributed by atoms with van der Waals surface area (Å²) in [6.07, 6.45) is 5.15. The van der Waals surface area contributed by atoms with Gasteiger partial charge in [-0.05, 0) is 94.6 Å². The molecule has 0 aliphatic rings. The SMILES string of the molecule is CCC[C@H](N[S+]([O-])C(C)(C)C)c1cccc(-c2cc(Cl)c3cnn(-c4cccc(CCC(C)(C)[Si](C)(C)O)n4)c3c2)n1. The van der Waals surface area contributed by atoms with Gasteiger partial charge < -0.3 is 9.35 Å². The molecule has 7 nitrogen and oxygen atoms in total. The first-order chi connectivity index (χ1) is 19.6. The number of fused-ring (bicyclic) bond motifs is 1. The minimum absolute atomic E-state index is 0.125. The van der Waals surface area contributed by atoms with Gasteiger partial charge in [-0.15, -0.1) is 4.72 Å². The van der Waals surface area contributed by atoms with Crippen molar-refractivity contribution in [3.8, 4) is 17.1 Å². The van der Waals surface area contributed by atoms with Crippen molar-refractivity contribution in [2.45, 2.75) is 96.1 Å². The molecule has 42 heavy (non-hydrogen) atoms. The van der Waals surface area contributed by atoms with E-state index in [4.69, 9.17) is 21.6 Å². The Bertz CT molecular complexity index is 1530. The maximum absolute atomic E-state index is 12.9. The number of rotatable bonds is 11. The van der Waals surface area contributed by atoms with Gasteiger partial charge in [-0.3, -0.25) is 4.98 Å². The summed E-state index contributed by atoms with van der Waals surface area (Å²) in [7, 11) is -2.30. The molecule has 4 aromatic rings. The highest BCUT2D eigenvalue weighted by Gasteiger charge is 2.37. The topological polar surface area (TPSA) is 98.9 Å². The molecule has 0 amide bonds. The van der Waals surface area contributed by atoms with Crippen molar-refractivity contribution >= 4 is 42.2 Å². The first-order valence-corrected chi connectivity index (χ1v) is 19.1. The molecule has 2 N–H and O–H groups in total. The summed E-state index contributed by atoms with van der Waals surface area (Å²) in [5.41, 5.74) is 4.31. The van der Waals surface area contributed by atoms with E-state index in [-0.39, 0.29) is 15.8 Å². The van der Waals surface area contributed by atoms with E-state index < -0.39 is 19.7 Å². The maximum Gasteiger partial charge on any atom is 0.188 e. The van der Waals surface area contributed by atoms with Crippen LogP contribution in [0.3, 0.4) is 0 Å². The van der Waals surface area contributed by atoms with E-state index in [1.807, 2.05) is 87.1 Å². The molecule has 10 heteroatoms. The number of nitrogens with one attached hydrogen (secondary N) is 1. The second kappa shape index (κ2) is 12.8. The highest BCUT2D eigenvalue weighted by molar-refractivity contribution is 7.90. The molecular formula is C32H44ClN5O2SSi. The normalized spacial score (nSPS) is 14.4. The Morgan fingerprint density at radius 1 is 1.07 bits per heavy atom. The van der Waals surface area contributed by atoms with Crippen LogP contribution in [0.25, 0.3) is 28.0 Å². The summed E-state index contributed by atoms with van der Waals surface area (Å²) < 4.78 is 17.6. The monoisotopic (exact) mass is 625 g/mol. The number of aryl methyl sites for hydroxylation is 1. The van der Waals surface area contributed by atoms with Gasteiger partial charge in [0.25, 0.3) is 0 Å². The Balaban J connectivity index is 1.67. The van der Waals surface area contributed by atoms with Crippen molar-refractivity contribution in [1.82, 2.24) is 24.5 Å². The van der Waals surface area contributed by atoms with Crippen molar-refractivity contribution in [3.05, 3.63) is 71.1 Å². The largest absolute Gasteiger partial charge is 0.598 e. The summed E-state index contributed by atoms with van der Waals surface area (Å²) >= 11 is 5.57. The Kier molecular flexibility index (Phi) is 9.91. The van der Waals surface area contributed by atoms with Crippen LogP contribution in [0.5, 0.6) is 0 Å². The molecule has 3 aromatic heterocycles. The smallest absolute Gasteiger partial charge is 0.188 e. The predicted octanol–water partition coefficient (Wildman–Crippen LogP) is 7.94. The van der Waals surface area contributed by atoms with Gasteiger partial charge in [-0.25, -0.2) is 9.67 Å². The highest BCUT2D eigenvalue weighted by atomic mass is 35.5. The molecule has 0 fully saturated rings. The minimum atomic E-state index is -2.30. The quantitative estimate of drug-likeness (QED) is 0.130. The molecule has 1 unspecified atom stereocenters. The van der Waals surface area contributed by atoms with E-state index in [2.05, 4.69) is 30.6 Å². The van der Waals surface area contributed by atoms with Crippen molar-refractivity contribution < 1.29 is 9.35 Å². The number of halogens is 1. The fourth-order valence-electron chi connectivity index (χ4n) is 4.55. The van der Waals surface area contributed by atoms with Gasteiger partial charge in [0.1, 0.15) is 4.75 Å². The molecule has 226 valence electrons. The van der Waals surface area contributed by atoms with Gasteiger partial charge in [0.2, 0.25) is 0 Å². The van der Waals surface area contributed by atoms with E-state index in [0.29, 0.717) is 10.8 Å². The van der Waals surface area contributed by atoms with Crippen LogP contribution in [0.1, 0.15) is 78.2 Å². The van der Waals surface area contributed by atoms with Crippen molar-refractivity contribution in [2.75, 3.05) is 0 Å². The lowest BCUT2D eigenvalue weighted by Gasteiger charge is -2.35. The van der Waals surface area contributed by atoms with Crippen molar-refractivity contribution in [3.63, 3.8) is 0 Å². The van der Waals surface area contributed by atoms with Crippen molar-refractivity contribution in [1.29, 1.82) is 0 Å². The molecule has 4 rings (SSSR count). The standard InChI is InChI=1S/C32H44ClN5O2SSi/c1-9-12-28(37-41(39)31(2,3)4)27-15-11-14-26(36-27)22-19-25(33)24-21-34-38(29(24)20-22)30-16-10-13-23(35-30)17-18-32(5,6)42(7,8)40/h10-11,13-16,19-21,28,37,40H,9,12,17-18H2,1-8H3/t28-,41?/m0/s1. The zero-order valence-electron chi connectivity index (χ0n) is 26.0. The van der Waals surface area contributed by atoms with Crippen LogP contribution < -0.4 is 4.72 Å². The third-order valence-electron chi connectivity index (χ3n) is 8.12. The molecule has 0 radical (unpaired) electrons. The van der Waals surface area contributed by atoms with E-state index in [0.717, 1.165) is 59.2 Å². The Hall–Kier alpha value is -2.27. The molecule has 0 bridgehead atoms. The van der Waals surface area contributed by atoms with Gasteiger partial charge >= 0.3 is 0 Å². The summed E-state index contributed by atoms with van der Waals surface area (Å²) in [6.45, 7) is 16.3. The fraction of sp³-hybridized carbons (Fsp3) is 0.469. The van der Waals surface area contributed by atoms with Crippen LogP contribution in [0, 0.1) is 0 Å². The zero-order chi connectivity index (χ0) is 30.9. The van der Waals surface area contributed by atoms with E-state index in [1.165, 1.54) is 0 Å². The van der Waals surface area contributed by atoms with E-state index in [9.17, 15) is 9.35 Å². The summed E-state index contributed by atoms with van der Waals surface area (Å²) in [4.78, 5) is 20.6.